The molecule has 4 aromatic rings. The zero-order valence-electron chi connectivity index (χ0n) is 18.1. The van der Waals surface area contributed by atoms with Crippen molar-refractivity contribution in [1.29, 1.82) is 0 Å². The van der Waals surface area contributed by atoms with Gasteiger partial charge in [0.15, 0.2) is 11.6 Å². The molecular formula is C24H25F2N5O. The highest BCUT2D eigenvalue weighted by Crippen LogP contribution is 2.31. The molecule has 0 radical (unpaired) electrons. The number of aryl methyl sites for hydroxylation is 1. The van der Waals surface area contributed by atoms with Crippen LogP contribution in [0.25, 0.3) is 22.2 Å². The Balaban J connectivity index is 1.51. The largest absolute Gasteiger partial charge is 0.494 e. The summed E-state index contributed by atoms with van der Waals surface area (Å²) in [6.45, 7) is 3.99. The fourth-order valence-corrected chi connectivity index (χ4v) is 4.46. The van der Waals surface area contributed by atoms with Gasteiger partial charge in [-0.25, -0.2) is 13.8 Å². The van der Waals surface area contributed by atoms with Gasteiger partial charge in [0.1, 0.15) is 11.5 Å². The number of rotatable bonds is 5. The first kappa shape index (κ1) is 20.6. The third kappa shape index (κ3) is 3.64. The van der Waals surface area contributed by atoms with Gasteiger partial charge in [0, 0.05) is 47.1 Å². The van der Waals surface area contributed by atoms with Crippen molar-refractivity contribution in [2.75, 3.05) is 20.2 Å². The fourth-order valence-electron chi connectivity index (χ4n) is 4.46. The minimum atomic E-state index is -0.676. The van der Waals surface area contributed by atoms with E-state index in [2.05, 4.69) is 26.2 Å². The molecule has 32 heavy (non-hydrogen) atoms. The average Bonchev–Trinajstić information content (AvgIpc) is 3.40. The summed E-state index contributed by atoms with van der Waals surface area (Å²) in [6.07, 6.45) is 7.85. The normalized spacial score (nSPS) is 14.9. The Kier molecular flexibility index (Phi) is 5.38. The van der Waals surface area contributed by atoms with Crippen LogP contribution in [0.4, 0.5) is 8.78 Å². The molecule has 1 saturated heterocycles. The number of fused-ring (bicyclic) bond motifs is 1. The first-order valence-corrected chi connectivity index (χ1v) is 10.8. The number of benzene rings is 1. The number of H-pyrrole nitrogens is 1. The lowest BCUT2D eigenvalue weighted by Crippen LogP contribution is -2.29. The second-order valence-electron chi connectivity index (χ2n) is 8.24. The van der Waals surface area contributed by atoms with Crippen LogP contribution in [-0.2, 0) is 6.42 Å². The highest BCUT2D eigenvalue weighted by atomic mass is 19.1. The number of hydrogen-bond acceptors (Lipinski definition) is 4. The minimum Gasteiger partial charge on any atom is -0.494 e. The molecule has 4 heterocycles. The predicted octanol–water partition coefficient (Wildman–Crippen LogP) is 4.54. The van der Waals surface area contributed by atoms with Crippen LogP contribution in [0.2, 0.25) is 0 Å². The second-order valence-corrected chi connectivity index (χ2v) is 8.24. The number of aromatic amines is 1. The molecule has 1 aliphatic rings. The van der Waals surface area contributed by atoms with Gasteiger partial charge < -0.3 is 15.0 Å². The summed E-state index contributed by atoms with van der Waals surface area (Å²) in [5, 5.41) is 8.96. The Morgan fingerprint density at radius 2 is 2.03 bits per heavy atom. The van der Waals surface area contributed by atoms with Crippen LogP contribution < -0.4 is 10.1 Å². The molecule has 2 N–H and O–H groups in total. The molecular weight excluding hydrogens is 412 g/mol. The third-order valence-electron chi connectivity index (χ3n) is 6.26. The van der Waals surface area contributed by atoms with Gasteiger partial charge in [-0.2, -0.15) is 5.10 Å². The first-order valence-electron chi connectivity index (χ1n) is 10.8. The average molecular weight is 437 g/mol. The lowest BCUT2D eigenvalue weighted by atomic mass is 10.0. The van der Waals surface area contributed by atoms with Gasteiger partial charge in [-0.05, 0) is 56.6 Å². The van der Waals surface area contributed by atoms with Gasteiger partial charge in [-0.3, -0.25) is 4.68 Å². The lowest BCUT2D eigenvalue weighted by molar-refractivity contribution is 0.342. The molecule has 0 atom stereocenters. The number of ether oxygens (including phenoxy) is 1. The van der Waals surface area contributed by atoms with E-state index in [0.29, 0.717) is 11.7 Å². The topological polar surface area (TPSA) is 67.8 Å². The van der Waals surface area contributed by atoms with E-state index in [1.54, 1.807) is 6.20 Å². The molecule has 0 unspecified atom stereocenters. The lowest BCUT2D eigenvalue weighted by Gasteiger charge is -2.22. The zero-order valence-corrected chi connectivity index (χ0v) is 18.1. The van der Waals surface area contributed by atoms with Crippen LogP contribution >= 0.6 is 0 Å². The molecule has 1 fully saturated rings. The van der Waals surface area contributed by atoms with Crippen molar-refractivity contribution >= 4 is 11.0 Å². The number of nitrogens with one attached hydrogen (secondary N) is 2. The van der Waals surface area contributed by atoms with E-state index in [-0.39, 0.29) is 17.7 Å². The number of pyridine rings is 1. The number of methoxy groups -OCH3 is 1. The SMILES string of the molecule is COc1ccc(F)c(Cc2c[nH]c3ncc(-c4cn(C5CCNCC5)nc4C)cc23)c1F. The molecule has 8 heteroatoms. The molecule has 3 aromatic heterocycles. The van der Waals surface area contributed by atoms with Crippen LogP contribution in [0.15, 0.2) is 36.8 Å². The number of piperidine rings is 1. The summed E-state index contributed by atoms with van der Waals surface area (Å²) in [5.41, 5.74) is 4.31. The first-order chi connectivity index (χ1) is 15.5. The molecule has 0 amide bonds. The van der Waals surface area contributed by atoms with Crippen molar-refractivity contribution in [2.24, 2.45) is 0 Å². The van der Waals surface area contributed by atoms with Crippen LogP contribution in [0.1, 0.15) is 35.7 Å². The minimum absolute atomic E-state index is 0.0226. The van der Waals surface area contributed by atoms with Crippen molar-refractivity contribution in [3.8, 4) is 16.9 Å². The monoisotopic (exact) mass is 437 g/mol. The van der Waals surface area contributed by atoms with Gasteiger partial charge in [-0.15, -0.1) is 0 Å². The molecule has 0 bridgehead atoms. The third-order valence-corrected chi connectivity index (χ3v) is 6.26. The van der Waals surface area contributed by atoms with Gasteiger partial charge in [0.25, 0.3) is 0 Å². The van der Waals surface area contributed by atoms with Gasteiger partial charge in [-0.1, -0.05) is 0 Å². The Morgan fingerprint density at radius 1 is 1.22 bits per heavy atom. The second kappa shape index (κ2) is 8.35. The quantitative estimate of drug-likeness (QED) is 0.481. The summed E-state index contributed by atoms with van der Waals surface area (Å²) in [7, 11) is 1.37. The van der Waals surface area contributed by atoms with Crippen molar-refractivity contribution in [1.82, 2.24) is 25.1 Å². The maximum absolute atomic E-state index is 14.7. The molecule has 0 spiro atoms. The maximum atomic E-state index is 14.7. The van der Waals surface area contributed by atoms with Gasteiger partial charge in [0.05, 0.1) is 18.8 Å². The number of halogens is 2. The standard InChI is InChI=1S/C24H25F2N5O/c1-14-20(13-31(30-14)17-5-7-27-8-6-17)16-9-18-15(11-28-24(18)29-12-16)10-19-21(25)3-4-22(32-2)23(19)26/h3-4,9,11-13,17,27H,5-8,10H2,1-2H3,(H,28,29). The van der Waals surface area contributed by atoms with Crippen molar-refractivity contribution in [3.63, 3.8) is 0 Å². The van der Waals surface area contributed by atoms with E-state index in [1.807, 2.05) is 19.2 Å². The zero-order chi connectivity index (χ0) is 22.2. The van der Waals surface area contributed by atoms with Gasteiger partial charge in [0.2, 0.25) is 0 Å². The summed E-state index contributed by atoms with van der Waals surface area (Å²) in [4.78, 5) is 7.66. The molecule has 5 rings (SSSR count). The van der Waals surface area contributed by atoms with E-state index >= 15 is 0 Å². The smallest absolute Gasteiger partial charge is 0.171 e. The Hall–Kier alpha value is -3.26. The molecule has 6 nitrogen and oxygen atoms in total. The highest BCUT2D eigenvalue weighted by Gasteiger charge is 2.20. The number of nitrogens with zero attached hydrogens (tertiary/aromatic N) is 3. The Morgan fingerprint density at radius 3 is 2.81 bits per heavy atom. The van der Waals surface area contributed by atoms with Gasteiger partial charge >= 0.3 is 0 Å². The maximum Gasteiger partial charge on any atom is 0.171 e. The van der Waals surface area contributed by atoms with E-state index in [4.69, 9.17) is 9.84 Å². The van der Waals surface area contributed by atoms with Crippen LogP contribution in [0.5, 0.6) is 5.75 Å². The Bertz CT molecular complexity index is 1270. The Labute approximate surface area is 184 Å². The van der Waals surface area contributed by atoms with Crippen LogP contribution in [-0.4, -0.2) is 39.9 Å². The van der Waals surface area contributed by atoms with E-state index < -0.39 is 11.6 Å². The van der Waals surface area contributed by atoms with Crippen molar-refractivity contribution in [3.05, 3.63) is 65.2 Å². The fraction of sp³-hybridized carbons (Fsp3) is 0.333. The molecule has 166 valence electrons. The van der Waals surface area contributed by atoms with E-state index in [9.17, 15) is 8.78 Å². The summed E-state index contributed by atoms with van der Waals surface area (Å²) >= 11 is 0. The van der Waals surface area contributed by atoms with E-state index in [0.717, 1.165) is 53.7 Å². The molecule has 0 aliphatic carbocycles. The summed E-state index contributed by atoms with van der Waals surface area (Å²) in [5.74, 6) is -1.24. The van der Waals surface area contributed by atoms with Crippen LogP contribution in [0, 0.1) is 18.6 Å². The van der Waals surface area contributed by atoms with E-state index in [1.165, 1.54) is 19.2 Å². The summed E-state index contributed by atoms with van der Waals surface area (Å²) < 4.78 is 36.2. The summed E-state index contributed by atoms with van der Waals surface area (Å²) in [6, 6.07) is 4.93. The van der Waals surface area contributed by atoms with Crippen molar-refractivity contribution < 1.29 is 13.5 Å². The molecule has 1 aliphatic heterocycles. The van der Waals surface area contributed by atoms with Crippen molar-refractivity contribution in [2.45, 2.75) is 32.2 Å². The predicted molar refractivity (Wildman–Crippen MR) is 119 cm³/mol. The number of aromatic nitrogens is 4. The number of hydrogen-bond donors (Lipinski definition) is 2. The molecule has 1 aromatic carbocycles. The molecule has 0 saturated carbocycles. The highest BCUT2D eigenvalue weighted by molar-refractivity contribution is 5.85. The van der Waals surface area contributed by atoms with Crippen LogP contribution in [0.3, 0.4) is 0 Å².